The first-order valence-electron chi connectivity index (χ1n) is 5.08. The summed E-state index contributed by atoms with van der Waals surface area (Å²) in [7, 11) is 1.82. The van der Waals surface area contributed by atoms with Gasteiger partial charge in [-0.1, -0.05) is 0 Å². The second-order valence-corrected chi connectivity index (χ2v) is 3.57. The minimum Gasteiger partial charge on any atom is -0.494 e. The lowest BCUT2D eigenvalue weighted by Gasteiger charge is -2.03. The molecule has 4 heteroatoms. The lowest BCUT2D eigenvalue weighted by atomic mass is 10.2. The minimum absolute atomic E-state index is 0.320. The van der Waals surface area contributed by atoms with Crippen LogP contribution in [0.1, 0.15) is 17.3 Å². The van der Waals surface area contributed by atoms with Crippen molar-refractivity contribution in [2.45, 2.75) is 6.92 Å². The number of aryl methyl sites for hydroxylation is 1. The molecule has 0 spiro atoms. The summed E-state index contributed by atoms with van der Waals surface area (Å²) >= 11 is 0. The minimum atomic E-state index is -0.908. The molecule has 0 unspecified atom stereocenters. The Morgan fingerprint density at radius 3 is 2.88 bits per heavy atom. The number of benzene rings is 1. The Morgan fingerprint density at radius 2 is 2.25 bits per heavy atom. The van der Waals surface area contributed by atoms with Crippen molar-refractivity contribution in [2.75, 3.05) is 6.61 Å². The Balaban J connectivity index is 2.62. The quantitative estimate of drug-likeness (QED) is 0.861. The summed E-state index contributed by atoms with van der Waals surface area (Å²) in [4.78, 5) is 11.0. The van der Waals surface area contributed by atoms with Crippen molar-refractivity contribution in [3.05, 3.63) is 30.0 Å². The summed E-state index contributed by atoms with van der Waals surface area (Å²) in [5.41, 5.74) is 1.18. The molecule has 1 aromatic carbocycles. The molecule has 0 fully saturated rings. The van der Waals surface area contributed by atoms with Crippen LogP contribution in [0, 0.1) is 0 Å². The van der Waals surface area contributed by atoms with E-state index in [0.717, 1.165) is 16.7 Å². The van der Waals surface area contributed by atoms with E-state index in [1.54, 1.807) is 22.9 Å². The lowest BCUT2D eigenvalue weighted by molar-refractivity contribution is 0.0699. The number of aromatic carboxylic acids is 1. The van der Waals surface area contributed by atoms with Crippen LogP contribution >= 0.6 is 0 Å². The molecule has 16 heavy (non-hydrogen) atoms. The largest absolute Gasteiger partial charge is 0.494 e. The van der Waals surface area contributed by atoms with Crippen LogP contribution in [-0.2, 0) is 7.05 Å². The van der Waals surface area contributed by atoms with E-state index < -0.39 is 5.97 Å². The number of hydrogen-bond acceptors (Lipinski definition) is 2. The zero-order valence-corrected chi connectivity index (χ0v) is 9.23. The summed E-state index contributed by atoms with van der Waals surface area (Å²) in [5, 5.41) is 9.76. The van der Waals surface area contributed by atoms with Gasteiger partial charge in [-0.15, -0.1) is 0 Å². The maximum atomic E-state index is 11.0. The number of rotatable bonds is 3. The summed E-state index contributed by atoms with van der Waals surface area (Å²) in [5.74, 6) is -0.150. The van der Waals surface area contributed by atoms with Crippen molar-refractivity contribution in [1.29, 1.82) is 0 Å². The van der Waals surface area contributed by atoms with Crippen molar-refractivity contribution in [3.8, 4) is 5.75 Å². The Kier molecular flexibility index (Phi) is 2.56. The van der Waals surface area contributed by atoms with E-state index in [1.807, 2.05) is 20.0 Å². The molecule has 4 nitrogen and oxygen atoms in total. The van der Waals surface area contributed by atoms with Crippen molar-refractivity contribution >= 4 is 16.9 Å². The van der Waals surface area contributed by atoms with Crippen molar-refractivity contribution in [1.82, 2.24) is 4.57 Å². The van der Waals surface area contributed by atoms with Crippen molar-refractivity contribution < 1.29 is 14.6 Å². The Morgan fingerprint density at radius 1 is 1.50 bits per heavy atom. The first-order valence-corrected chi connectivity index (χ1v) is 5.08. The molecule has 2 rings (SSSR count). The Labute approximate surface area is 93.1 Å². The van der Waals surface area contributed by atoms with Gasteiger partial charge < -0.3 is 14.4 Å². The van der Waals surface area contributed by atoms with Crippen molar-refractivity contribution in [3.63, 3.8) is 0 Å². The predicted molar refractivity (Wildman–Crippen MR) is 61.0 cm³/mol. The van der Waals surface area contributed by atoms with Gasteiger partial charge in [0.2, 0.25) is 0 Å². The van der Waals surface area contributed by atoms with Crippen molar-refractivity contribution in [2.24, 2.45) is 7.05 Å². The average molecular weight is 219 g/mol. The van der Waals surface area contributed by atoms with Crippen LogP contribution in [0.2, 0.25) is 0 Å². The zero-order valence-electron chi connectivity index (χ0n) is 9.23. The third kappa shape index (κ3) is 1.62. The van der Waals surface area contributed by atoms with Crippen LogP contribution in [0.25, 0.3) is 10.9 Å². The van der Waals surface area contributed by atoms with Crippen LogP contribution in [0.5, 0.6) is 5.75 Å². The van der Waals surface area contributed by atoms with Crippen LogP contribution in [0.3, 0.4) is 0 Å². The molecule has 0 bridgehead atoms. The first-order chi connectivity index (χ1) is 7.63. The normalized spacial score (nSPS) is 10.6. The van der Waals surface area contributed by atoms with Gasteiger partial charge in [-0.05, 0) is 19.1 Å². The fourth-order valence-electron chi connectivity index (χ4n) is 1.79. The molecular weight excluding hydrogens is 206 g/mol. The SMILES string of the molecule is CCOc1ccc2c(C(=O)O)cn(C)c2c1. The summed E-state index contributed by atoms with van der Waals surface area (Å²) < 4.78 is 7.17. The third-order valence-corrected chi connectivity index (χ3v) is 2.50. The summed E-state index contributed by atoms with van der Waals surface area (Å²) in [6.07, 6.45) is 1.61. The van der Waals surface area contributed by atoms with E-state index >= 15 is 0 Å². The fraction of sp³-hybridized carbons (Fsp3) is 0.250. The third-order valence-electron chi connectivity index (χ3n) is 2.50. The van der Waals surface area contributed by atoms with E-state index in [4.69, 9.17) is 9.84 Å². The molecule has 0 amide bonds. The number of carbonyl (C=O) groups is 1. The van der Waals surface area contributed by atoms with Gasteiger partial charge in [-0.2, -0.15) is 0 Å². The Hall–Kier alpha value is -1.97. The zero-order chi connectivity index (χ0) is 11.7. The smallest absolute Gasteiger partial charge is 0.337 e. The molecule has 0 radical (unpaired) electrons. The van der Waals surface area contributed by atoms with E-state index in [0.29, 0.717) is 12.2 Å². The molecule has 1 aromatic heterocycles. The molecule has 0 aliphatic heterocycles. The number of carboxylic acid groups (broad SMARTS) is 1. The number of hydrogen-bond donors (Lipinski definition) is 1. The standard InChI is InChI=1S/C12H13NO3/c1-3-16-8-4-5-9-10(12(14)15)7-13(2)11(9)6-8/h4-7H,3H2,1-2H3,(H,14,15). The fourth-order valence-corrected chi connectivity index (χ4v) is 1.79. The van der Waals surface area contributed by atoms with Gasteiger partial charge in [0, 0.05) is 24.7 Å². The molecule has 84 valence electrons. The predicted octanol–water partition coefficient (Wildman–Crippen LogP) is 2.28. The number of carboxylic acids is 1. The highest BCUT2D eigenvalue weighted by atomic mass is 16.5. The van der Waals surface area contributed by atoms with Gasteiger partial charge in [-0.3, -0.25) is 0 Å². The van der Waals surface area contributed by atoms with Crippen LogP contribution < -0.4 is 4.74 Å². The number of fused-ring (bicyclic) bond motifs is 1. The maximum Gasteiger partial charge on any atom is 0.337 e. The summed E-state index contributed by atoms with van der Waals surface area (Å²) in [6, 6.07) is 5.42. The molecule has 1 heterocycles. The van der Waals surface area contributed by atoms with E-state index in [9.17, 15) is 4.79 Å². The topological polar surface area (TPSA) is 51.5 Å². The molecule has 0 saturated heterocycles. The molecule has 1 N–H and O–H groups in total. The van der Waals surface area contributed by atoms with Crippen LogP contribution in [0.15, 0.2) is 24.4 Å². The van der Waals surface area contributed by atoms with E-state index in [-0.39, 0.29) is 0 Å². The highest BCUT2D eigenvalue weighted by Crippen LogP contribution is 2.25. The Bertz CT molecular complexity index is 542. The van der Waals surface area contributed by atoms with Gasteiger partial charge in [0.1, 0.15) is 5.75 Å². The van der Waals surface area contributed by atoms with E-state index in [2.05, 4.69) is 0 Å². The molecule has 0 aliphatic rings. The highest BCUT2D eigenvalue weighted by molar-refractivity contribution is 6.03. The maximum absolute atomic E-state index is 11.0. The van der Waals surface area contributed by atoms with Gasteiger partial charge in [0.05, 0.1) is 17.7 Å². The van der Waals surface area contributed by atoms with Crippen LogP contribution in [-0.4, -0.2) is 22.2 Å². The second-order valence-electron chi connectivity index (χ2n) is 3.57. The average Bonchev–Trinajstić information content (AvgIpc) is 2.57. The monoisotopic (exact) mass is 219 g/mol. The number of nitrogens with zero attached hydrogens (tertiary/aromatic N) is 1. The molecule has 0 saturated carbocycles. The van der Waals surface area contributed by atoms with Gasteiger partial charge in [0.15, 0.2) is 0 Å². The molecule has 0 atom stereocenters. The molecule has 2 aromatic rings. The van der Waals surface area contributed by atoms with E-state index in [1.165, 1.54) is 0 Å². The first kappa shape index (κ1) is 10.5. The molecule has 0 aliphatic carbocycles. The molecular formula is C12H13NO3. The van der Waals surface area contributed by atoms with Gasteiger partial charge in [-0.25, -0.2) is 4.79 Å². The highest BCUT2D eigenvalue weighted by Gasteiger charge is 2.12. The summed E-state index contributed by atoms with van der Waals surface area (Å²) in [6.45, 7) is 2.51. The number of ether oxygens (including phenoxy) is 1. The lowest BCUT2D eigenvalue weighted by Crippen LogP contribution is -1.94. The van der Waals surface area contributed by atoms with Crippen LogP contribution in [0.4, 0.5) is 0 Å². The van der Waals surface area contributed by atoms with Gasteiger partial charge in [0.25, 0.3) is 0 Å². The van der Waals surface area contributed by atoms with Gasteiger partial charge >= 0.3 is 5.97 Å². The second kappa shape index (κ2) is 3.89. The number of aromatic nitrogens is 1.